The van der Waals surface area contributed by atoms with Crippen LogP contribution in [0.4, 0.5) is 0 Å². The zero-order chi connectivity index (χ0) is 16.1. The zero-order valence-electron chi connectivity index (χ0n) is 13.2. The summed E-state index contributed by atoms with van der Waals surface area (Å²) in [6.45, 7) is 0.397. The fourth-order valence-corrected chi connectivity index (χ4v) is 3.11. The molecular formula is C20H21NO2. The lowest BCUT2D eigenvalue weighted by Gasteiger charge is -2.15. The standard InChI is InChI=1S/C20H21NO2/c22-19-14-18(13-7-12-16-8-3-1-4-9-16)20(23)21(19)15-17-10-5-2-6-11-17/h1-6,8-11,18H,7,12-15H2/t18-/m1/s1. The minimum absolute atomic E-state index is 0.00749. The fourth-order valence-electron chi connectivity index (χ4n) is 3.11. The normalized spacial score (nSPS) is 17.7. The summed E-state index contributed by atoms with van der Waals surface area (Å²) in [5, 5.41) is 0. The van der Waals surface area contributed by atoms with Crippen molar-refractivity contribution in [2.24, 2.45) is 5.92 Å². The highest BCUT2D eigenvalue weighted by Gasteiger charge is 2.37. The summed E-state index contributed by atoms with van der Waals surface area (Å²) < 4.78 is 0. The van der Waals surface area contributed by atoms with Gasteiger partial charge in [-0.25, -0.2) is 0 Å². The van der Waals surface area contributed by atoms with Gasteiger partial charge in [0.05, 0.1) is 6.54 Å². The van der Waals surface area contributed by atoms with Crippen LogP contribution in [0.5, 0.6) is 0 Å². The molecular weight excluding hydrogens is 286 g/mol. The van der Waals surface area contributed by atoms with Crippen molar-refractivity contribution >= 4 is 11.8 Å². The molecule has 0 aromatic heterocycles. The average Bonchev–Trinajstić information content (AvgIpc) is 2.85. The molecule has 1 heterocycles. The first-order chi connectivity index (χ1) is 11.2. The van der Waals surface area contributed by atoms with Gasteiger partial charge in [-0.15, -0.1) is 0 Å². The summed E-state index contributed by atoms with van der Waals surface area (Å²) in [6, 6.07) is 19.9. The van der Waals surface area contributed by atoms with Crippen molar-refractivity contribution in [3.8, 4) is 0 Å². The minimum Gasteiger partial charge on any atom is -0.278 e. The van der Waals surface area contributed by atoms with E-state index in [1.807, 2.05) is 48.5 Å². The summed E-state index contributed by atoms with van der Waals surface area (Å²) in [5.74, 6) is -0.189. The number of imide groups is 1. The molecule has 3 heteroatoms. The van der Waals surface area contributed by atoms with Gasteiger partial charge in [0.25, 0.3) is 0 Å². The molecule has 0 aliphatic carbocycles. The van der Waals surface area contributed by atoms with Gasteiger partial charge in [0, 0.05) is 12.3 Å². The van der Waals surface area contributed by atoms with Crippen LogP contribution in [-0.4, -0.2) is 16.7 Å². The number of carbonyl (C=O) groups excluding carboxylic acids is 2. The SMILES string of the molecule is O=C1C[C@@H](CCCc2ccccc2)C(=O)N1Cc1ccccc1. The highest BCUT2D eigenvalue weighted by atomic mass is 16.2. The Labute approximate surface area is 136 Å². The van der Waals surface area contributed by atoms with Crippen molar-refractivity contribution < 1.29 is 9.59 Å². The summed E-state index contributed by atoms with van der Waals surface area (Å²) in [4.78, 5) is 26.0. The molecule has 1 fully saturated rings. The number of benzene rings is 2. The lowest BCUT2D eigenvalue weighted by atomic mass is 9.98. The van der Waals surface area contributed by atoms with E-state index in [0.717, 1.165) is 24.8 Å². The maximum atomic E-state index is 12.5. The smallest absolute Gasteiger partial charge is 0.233 e. The monoisotopic (exact) mass is 307 g/mol. The van der Waals surface area contributed by atoms with Crippen molar-refractivity contribution in [1.82, 2.24) is 4.90 Å². The molecule has 0 saturated carbocycles. The third-order valence-electron chi connectivity index (χ3n) is 4.38. The third-order valence-corrected chi connectivity index (χ3v) is 4.38. The first-order valence-electron chi connectivity index (χ1n) is 8.16. The van der Waals surface area contributed by atoms with E-state index in [-0.39, 0.29) is 17.7 Å². The van der Waals surface area contributed by atoms with E-state index in [0.29, 0.717) is 13.0 Å². The fraction of sp³-hybridized carbons (Fsp3) is 0.300. The molecule has 0 spiro atoms. The Kier molecular flexibility index (Phi) is 4.86. The zero-order valence-corrected chi connectivity index (χ0v) is 13.2. The molecule has 3 rings (SSSR count). The first kappa shape index (κ1) is 15.5. The molecule has 1 aliphatic heterocycles. The third kappa shape index (κ3) is 3.86. The lowest BCUT2D eigenvalue weighted by Crippen LogP contribution is -2.30. The van der Waals surface area contributed by atoms with Gasteiger partial charge in [-0.2, -0.15) is 0 Å². The van der Waals surface area contributed by atoms with Crippen LogP contribution >= 0.6 is 0 Å². The molecule has 0 radical (unpaired) electrons. The van der Waals surface area contributed by atoms with E-state index in [1.54, 1.807) is 0 Å². The topological polar surface area (TPSA) is 37.4 Å². The molecule has 0 N–H and O–H groups in total. The summed E-state index contributed by atoms with van der Waals surface area (Å²) in [5.41, 5.74) is 2.28. The first-order valence-corrected chi connectivity index (χ1v) is 8.16. The molecule has 0 bridgehead atoms. The Bertz CT molecular complexity index is 667. The van der Waals surface area contributed by atoms with Crippen LogP contribution < -0.4 is 0 Å². The van der Waals surface area contributed by atoms with E-state index in [4.69, 9.17) is 0 Å². The van der Waals surface area contributed by atoms with E-state index in [9.17, 15) is 9.59 Å². The van der Waals surface area contributed by atoms with Gasteiger partial charge < -0.3 is 0 Å². The molecule has 2 aromatic rings. The largest absolute Gasteiger partial charge is 0.278 e. The van der Waals surface area contributed by atoms with Crippen LogP contribution in [0.3, 0.4) is 0 Å². The number of hydrogen-bond acceptors (Lipinski definition) is 2. The second-order valence-electron chi connectivity index (χ2n) is 6.08. The van der Waals surface area contributed by atoms with Gasteiger partial charge in [-0.3, -0.25) is 14.5 Å². The number of hydrogen-bond donors (Lipinski definition) is 0. The molecule has 2 aromatic carbocycles. The van der Waals surface area contributed by atoms with Gasteiger partial charge in [0.2, 0.25) is 11.8 Å². The van der Waals surface area contributed by atoms with Crippen LogP contribution in [0, 0.1) is 5.92 Å². The average molecular weight is 307 g/mol. The maximum absolute atomic E-state index is 12.5. The number of likely N-dealkylation sites (tertiary alicyclic amines) is 1. The van der Waals surface area contributed by atoms with Gasteiger partial charge in [-0.05, 0) is 30.4 Å². The Morgan fingerprint density at radius 2 is 1.48 bits per heavy atom. The maximum Gasteiger partial charge on any atom is 0.233 e. The van der Waals surface area contributed by atoms with Crippen LogP contribution in [0.25, 0.3) is 0 Å². The predicted molar refractivity (Wildman–Crippen MR) is 89.5 cm³/mol. The van der Waals surface area contributed by atoms with Crippen molar-refractivity contribution in [1.29, 1.82) is 0 Å². The molecule has 0 unspecified atom stereocenters. The number of rotatable bonds is 6. The Morgan fingerprint density at radius 3 is 2.13 bits per heavy atom. The van der Waals surface area contributed by atoms with Crippen LogP contribution in [0.1, 0.15) is 30.4 Å². The van der Waals surface area contributed by atoms with Crippen molar-refractivity contribution in [3.05, 3.63) is 71.8 Å². The molecule has 2 amide bonds. The van der Waals surface area contributed by atoms with Gasteiger partial charge >= 0.3 is 0 Å². The summed E-state index contributed by atoms with van der Waals surface area (Å²) in [6.07, 6.45) is 3.04. The molecule has 118 valence electrons. The molecule has 1 aliphatic rings. The van der Waals surface area contributed by atoms with Crippen LogP contribution in [0.15, 0.2) is 60.7 Å². The lowest BCUT2D eigenvalue weighted by molar-refractivity contribution is -0.140. The minimum atomic E-state index is -0.144. The predicted octanol–water partition coefficient (Wildman–Crippen LogP) is 3.58. The number of aryl methyl sites for hydroxylation is 1. The van der Waals surface area contributed by atoms with Gasteiger partial charge in [0.15, 0.2) is 0 Å². The number of amides is 2. The second-order valence-corrected chi connectivity index (χ2v) is 6.08. The molecule has 1 saturated heterocycles. The quantitative estimate of drug-likeness (QED) is 0.765. The van der Waals surface area contributed by atoms with Gasteiger partial charge in [0.1, 0.15) is 0 Å². The van der Waals surface area contributed by atoms with Crippen molar-refractivity contribution in [2.45, 2.75) is 32.2 Å². The van der Waals surface area contributed by atoms with E-state index in [1.165, 1.54) is 10.5 Å². The number of carbonyl (C=O) groups is 2. The highest BCUT2D eigenvalue weighted by molar-refractivity contribution is 6.03. The highest BCUT2D eigenvalue weighted by Crippen LogP contribution is 2.26. The van der Waals surface area contributed by atoms with E-state index >= 15 is 0 Å². The Hall–Kier alpha value is -2.42. The summed E-state index contributed by atoms with van der Waals surface area (Å²) >= 11 is 0. The second kappa shape index (κ2) is 7.23. The van der Waals surface area contributed by atoms with Crippen molar-refractivity contribution in [2.75, 3.05) is 0 Å². The van der Waals surface area contributed by atoms with Crippen LogP contribution in [0.2, 0.25) is 0 Å². The van der Waals surface area contributed by atoms with E-state index < -0.39 is 0 Å². The number of nitrogens with zero attached hydrogens (tertiary/aromatic N) is 1. The van der Waals surface area contributed by atoms with E-state index in [2.05, 4.69) is 12.1 Å². The van der Waals surface area contributed by atoms with Gasteiger partial charge in [-0.1, -0.05) is 60.7 Å². The molecule has 1 atom stereocenters. The summed E-state index contributed by atoms with van der Waals surface area (Å²) in [7, 11) is 0. The molecule has 3 nitrogen and oxygen atoms in total. The Balaban J connectivity index is 1.54. The van der Waals surface area contributed by atoms with Crippen molar-refractivity contribution in [3.63, 3.8) is 0 Å². The Morgan fingerprint density at radius 1 is 0.870 bits per heavy atom. The van der Waals surface area contributed by atoms with Crippen LogP contribution in [-0.2, 0) is 22.6 Å². The molecule has 23 heavy (non-hydrogen) atoms.